The van der Waals surface area contributed by atoms with E-state index in [1.165, 1.54) is 0 Å². The van der Waals surface area contributed by atoms with Gasteiger partial charge in [0, 0.05) is 4.92 Å². The largest absolute Gasteiger partial charge is 0.469 e. The Kier molecular flexibility index (Phi) is 2.65. The molecule has 0 aliphatic heterocycles. The third kappa shape index (κ3) is 1.52. The van der Waals surface area contributed by atoms with Crippen LogP contribution in [-0.2, 0) is 9.53 Å². The van der Waals surface area contributed by atoms with E-state index in [1.54, 1.807) is 0 Å². The fraction of sp³-hybridized carbons (Fsp3) is 0.875. The van der Waals surface area contributed by atoms with Gasteiger partial charge in [-0.25, -0.2) is 0 Å². The van der Waals surface area contributed by atoms with Gasteiger partial charge in [-0.15, -0.1) is 0 Å². The molecule has 2 atom stereocenters. The highest BCUT2D eigenvalue weighted by Crippen LogP contribution is 2.71. The molecule has 0 bridgehead atoms. The summed E-state index contributed by atoms with van der Waals surface area (Å²) in [5.74, 6) is -1.06. The van der Waals surface area contributed by atoms with Gasteiger partial charge >= 0.3 is 12.1 Å². The Morgan fingerprint density at radius 1 is 1.56 bits per heavy atom. The Morgan fingerprint density at radius 2 is 2.06 bits per heavy atom. The zero-order valence-electron chi connectivity index (χ0n) is 8.63. The number of carbonyl (C=O) groups is 1. The lowest BCUT2D eigenvalue weighted by Crippen LogP contribution is -2.39. The van der Waals surface area contributed by atoms with E-state index in [1.807, 2.05) is 0 Å². The van der Waals surface area contributed by atoms with Gasteiger partial charge in [-0.2, -0.15) is 13.2 Å². The van der Waals surface area contributed by atoms with Crippen LogP contribution < -0.4 is 0 Å². The first-order chi connectivity index (χ1) is 7.10. The fourth-order valence-electron chi connectivity index (χ4n) is 2.01. The summed E-state index contributed by atoms with van der Waals surface area (Å²) in [6.07, 6.45) is -5.39. The van der Waals surface area contributed by atoms with Crippen molar-refractivity contribution in [2.45, 2.75) is 19.5 Å². The van der Waals surface area contributed by atoms with E-state index in [2.05, 4.69) is 4.74 Å². The Labute approximate surface area is 88.7 Å². The summed E-state index contributed by atoms with van der Waals surface area (Å²) < 4.78 is 42.5. The first kappa shape index (κ1) is 12.7. The lowest BCUT2D eigenvalue weighted by Gasteiger charge is -2.20. The number of hydrogen-bond donors (Lipinski definition) is 0. The quantitative estimate of drug-likeness (QED) is 0.425. The van der Waals surface area contributed by atoms with Gasteiger partial charge in [-0.05, 0) is 13.3 Å². The zero-order valence-corrected chi connectivity index (χ0v) is 8.63. The Bertz CT molecular complexity index is 343. The topological polar surface area (TPSA) is 69.4 Å². The number of nitrogens with zero attached hydrogens (tertiary/aromatic N) is 1. The smallest absolute Gasteiger partial charge is 0.401 e. The summed E-state index contributed by atoms with van der Waals surface area (Å²) in [6.45, 7) is -0.266. The van der Waals surface area contributed by atoms with Crippen LogP contribution in [0.3, 0.4) is 0 Å². The Hall–Kier alpha value is -1.34. The van der Waals surface area contributed by atoms with E-state index >= 15 is 0 Å². The van der Waals surface area contributed by atoms with Crippen molar-refractivity contribution in [3.05, 3.63) is 10.1 Å². The molecule has 1 aliphatic rings. The number of rotatable bonds is 3. The molecule has 0 heterocycles. The second kappa shape index (κ2) is 3.33. The molecule has 1 saturated carbocycles. The molecule has 0 N–H and O–H groups in total. The van der Waals surface area contributed by atoms with Gasteiger partial charge in [0.05, 0.1) is 12.5 Å². The van der Waals surface area contributed by atoms with Crippen molar-refractivity contribution in [3.63, 3.8) is 0 Å². The number of hydrogen-bond acceptors (Lipinski definition) is 4. The van der Waals surface area contributed by atoms with E-state index in [0.717, 1.165) is 14.0 Å². The number of esters is 1. The summed E-state index contributed by atoms with van der Waals surface area (Å²) in [6, 6.07) is 0. The number of methoxy groups -OCH3 is 1. The highest BCUT2D eigenvalue weighted by Gasteiger charge is 2.84. The van der Waals surface area contributed by atoms with Gasteiger partial charge in [0.2, 0.25) is 6.54 Å². The summed E-state index contributed by atoms with van der Waals surface area (Å²) in [4.78, 5) is 20.4. The van der Waals surface area contributed by atoms with Crippen molar-refractivity contribution < 1.29 is 27.6 Å². The van der Waals surface area contributed by atoms with Crippen LogP contribution in [0.25, 0.3) is 0 Å². The van der Waals surface area contributed by atoms with Gasteiger partial charge in [0.25, 0.3) is 0 Å². The maximum Gasteiger partial charge on any atom is 0.401 e. The number of alkyl halides is 3. The lowest BCUT2D eigenvalue weighted by atomic mass is 9.93. The second-order valence-corrected chi connectivity index (χ2v) is 4.07. The van der Waals surface area contributed by atoms with Crippen molar-refractivity contribution in [1.29, 1.82) is 0 Å². The minimum atomic E-state index is -4.79. The maximum atomic E-state index is 12.7. The zero-order chi connectivity index (χ0) is 12.8. The highest BCUT2D eigenvalue weighted by molar-refractivity contribution is 5.81. The van der Waals surface area contributed by atoms with E-state index in [9.17, 15) is 28.1 Å². The molecule has 92 valence electrons. The average molecular weight is 241 g/mol. The van der Waals surface area contributed by atoms with Crippen molar-refractivity contribution in [3.8, 4) is 0 Å². The SMILES string of the molecule is COC(=O)[C@@]1(C)C[C@]1(C[N+](=O)[O-])C(F)(F)F. The van der Waals surface area contributed by atoms with E-state index < -0.39 is 40.9 Å². The van der Waals surface area contributed by atoms with Crippen LogP contribution in [0.2, 0.25) is 0 Å². The third-order valence-corrected chi connectivity index (χ3v) is 3.16. The monoisotopic (exact) mass is 241 g/mol. The van der Waals surface area contributed by atoms with Crippen LogP contribution >= 0.6 is 0 Å². The summed E-state index contributed by atoms with van der Waals surface area (Å²) in [5.41, 5.74) is -4.43. The van der Waals surface area contributed by atoms with E-state index in [-0.39, 0.29) is 0 Å². The highest BCUT2D eigenvalue weighted by atomic mass is 19.4. The molecule has 0 unspecified atom stereocenters. The van der Waals surface area contributed by atoms with Gasteiger partial charge in [-0.3, -0.25) is 14.9 Å². The molecule has 0 saturated heterocycles. The van der Waals surface area contributed by atoms with Crippen LogP contribution in [0.4, 0.5) is 13.2 Å². The molecule has 0 radical (unpaired) electrons. The summed E-state index contributed by atoms with van der Waals surface area (Å²) in [7, 11) is 0.958. The first-order valence-electron chi connectivity index (χ1n) is 4.38. The molecule has 0 aromatic carbocycles. The van der Waals surface area contributed by atoms with Crippen molar-refractivity contribution >= 4 is 5.97 Å². The van der Waals surface area contributed by atoms with Gasteiger partial charge in [0.1, 0.15) is 5.41 Å². The molecule has 16 heavy (non-hydrogen) atoms. The third-order valence-electron chi connectivity index (χ3n) is 3.16. The molecule has 1 rings (SSSR count). The number of ether oxygens (including phenoxy) is 1. The molecule has 5 nitrogen and oxygen atoms in total. The maximum absolute atomic E-state index is 12.7. The predicted molar refractivity (Wildman–Crippen MR) is 45.1 cm³/mol. The van der Waals surface area contributed by atoms with E-state index in [0.29, 0.717) is 0 Å². The van der Waals surface area contributed by atoms with Crippen molar-refractivity contribution in [2.24, 2.45) is 10.8 Å². The molecule has 0 amide bonds. The van der Waals surface area contributed by atoms with E-state index in [4.69, 9.17) is 0 Å². The van der Waals surface area contributed by atoms with Gasteiger partial charge < -0.3 is 4.74 Å². The molecule has 1 aliphatic carbocycles. The van der Waals surface area contributed by atoms with Crippen LogP contribution in [-0.4, -0.2) is 30.7 Å². The molecule has 8 heteroatoms. The Morgan fingerprint density at radius 3 is 2.38 bits per heavy atom. The number of halogens is 3. The standard InChI is InChI=1S/C8H10F3NO4/c1-6(5(13)16-2)3-7(6,4-12(14)15)8(9,10)11/h3-4H2,1-2H3/t6-,7-/m1/s1. The number of nitro groups is 1. The molecule has 1 fully saturated rings. The molecule has 0 aromatic heterocycles. The van der Waals surface area contributed by atoms with Crippen LogP contribution in [0.1, 0.15) is 13.3 Å². The second-order valence-electron chi connectivity index (χ2n) is 4.07. The van der Waals surface area contributed by atoms with Crippen LogP contribution in [0.5, 0.6) is 0 Å². The molecular weight excluding hydrogens is 231 g/mol. The van der Waals surface area contributed by atoms with Crippen LogP contribution in [0, 0.1) is 20.9 Å². The van der Waals surface area contributed by atoms with Gasteiger partial charge in [-0.1, -0.05) is 0 Å². The molecule has 0 spiro atoms. The Balaban J connectivity index is 3.05. The van der Waals surface area contributed by atoms with Crippen molar-refractivity contribution in [1.82, 2.24) is 0 Å². The van der Waals surface area contributed by atoms with Crippen molar-refractivity contribution in [2.75, 3.05) is 13.7 Å². The number of carbonyl (C=O) groups excluding carboxylic acids is 1. The van der Waals surface area contributed by atoms with Gasteiger partial charge in [0.15, 0.2) is 0 Å². The molecular formula is C8H10F3NO4. The first-order valence-corrected chi connectivity index (χ1v) is 4.38. The lowest BCUT2D eigenvalue weighted by molar-refractivity contribution is -0.503. The summed E-state index contributed by atoms with van der Waals surface area (Å²) in [5, 5.41) is 10.3. The average Bonchev–Trinajstić information content (AvgIpc) is 2.71. The van der Waals surface area contributed by atoms with Crippen LogP contribution in [0.15, 0.2) is 0 Å². The fourth-order valence-corrected chi connectivity index (χ4v) is 2.01. The predicted octanol–water partition coefficient (Wildman–Crippen LogP) is 1.39. The minimum absolute atomic E-state index is 0.600. The normalized spacial score (nSPS) is 33.3. The molecule has 0 aromatic rings. The summed E-state index contributed by atoms with van der Waals surface area (Å²) >= 11 is 0. The minimum Gasteiger partial charge on any atom is -0.469 e.